The van der Waals surface area contributed by atoms with E-state index in [1.807, 2.05) is 30.3 Å². The fourth-order valence-electron chi connectivity index (χ4n) is 1.81. The van der Waals surface area contributed by atoms with E-state index in [4.69, 9.17) is 15.0 Å². The van der Waals surface area contributed by atoms with Crippen molar-refractivity contribution in [1.29, 1.82) is 0 Å². The molecule has 8 nitrogen and oxygen atoms in total. The Kier molecular flexibility index (Phi) is 7.58. The number of azide groups is 1. The second-order valence-corrected chi connectivity index (χ2v) is 6.11. The quantitative estimate of drug-likeness (QED) is 0.356. The molecule has 1 amide bonds. The third-order valence-corrected chi connectivity index (χ3v) is 2.73. The van der Waals surface area contributed by atoms with Gasteiger partial charge in [0, 0.05) is 17.5 Å². The van der Waals surface area contributed by atoms with E-state index >= 15 is 0 Å². The average Bonchev–Trinajstić information content (AvgIpc) is 2.49. The van der Waals surface area contributed by atoms with Gasteiger partial charge in [0.15, 0.2) is 0 Å². The van der Waals surface area contributed by atoms with Gasteiger partial charge in [0.05, 0.1) is 6.42 Å². The van der Waals surface area contributed by atoms with Gasteiger partial charge < -0.3 is 14.8 Å². The summed E-state index contributed by atoms with van der Waals surface area (Å²) in [5.41, 5.74) is 8.63. The van der Waals surface area contributed by atoms with Crippen molar-refractivity contribution >= 4 is 12.1 Å². The Bertz CT molecular complexity index is 592. The first-order chi connectivity index (χ1) is 11.3. The third kappa shape index (κ3) is 8.65. The maximum atomic E-state index is 11.8. The van der Waals surface area contributed by atoms with Crippen molar-refractivity contribution in [3.8, 4) is 0 Å². The lowest BCUT2D eigenvalue weighted by molar-refractivity contribution is -0.155. The summed E-state index contributed by atoms with van der Waals surface area (Å²) in [6.45, 7) is 5.27. The molecule has 1 rings (SSSR count). The topological polar surface area (TPSA) is 113 Å². The zero-order valence-electron chi connectivity index (χ0n) is 14.1. The van der Waals surface area contributed by atoms with Crippen molar-refractivity contribution in [3.05, 3.63) is 46.3 Å². The molecule has 8 heteroatoms. The number of nitrogens with one attached hydrogen (secondary N) is 1. The highest BCUT2D eigenvalue weighted by molar-refractivity contribution is 5.73. The minimum atomic E-state index is -0.695. The number of amides is 1. The van der Waals surface area contributed by atoms with Gasteiger partial charge in [0.25, 0.3) is 0 Å². The molecule has 0 saturated heterocycles. The highest BCUT2D eigenvalue weighted by atomic mass is 16.6. The number of carbonyl (C=O) groups excluding carboxylic acids is 2. The molecule has 0 bridgehead atoms. The standard InChI is InChI=1S/C16H22N4O4/c1-16(2,3)24-14(21)9-13(10-18-20-17)19-15(22)23-11-12-7-5-4-6-8-12/h4-8,13H,9-11H2,1-3H3,(H,19,22). The Morgan fingerprint density at radius 1 is 1.29 bits per heavy atom. The predicted octanol–water partition coefficient (Wildman–Crippen LogP) is 3.32. The molecular formula is C16H22N4O4. The first kappa shape index (κ1) is 19.3. The summed E-state index contributed by atoms with van der Waals surface area (Å²) in [6, 6.07) is 8.49. The summed E-state index contributed by atoms with van der Waals surface area (Å²) in [5, 5.41) is 5.91. The zero-order valence-corrected chi connectivity index (χ0v) is 14.1. The van der Waals surface area contributed by atoms with Crippen LogP contribution in [-0.2, 0) is 20.9 Å². The molecule has 0 aliphatic carbocycles. The van der Waals surface area contributed by atoms with E-state index in [0.29, 0.717) is 0 Å². The molecule has 0 aliphatic heterocycles. The van der Waals surface area contributed by atoms with Crippen molar-refractivity contribution < 1.29 is 19.1 Å². The average molecular weight is 334 g/mol. The van der Waals surface area contributed by atoms with Crippen LogP contribution in [0.5, 0.6) is 0 Å². The van der Waals surface area contributed by atoms with E-state index in [0.717, 1.165) is 5.56 Å². The molecular weight excluding hydrogens is 312 g/mol. The van der Waals surface area contributed by atoms with E-state index in [-0.39, 0.29) is 19.6 Å². The van der Waals surface area contributed by atoms with E-state index in [1.54, 1.807) is 20.8 Å². The van der Waals surface area contributed by atoms with Gasteiger partial charge in [-0.2, -0.15) is 0 Å². The SMILES string of the molecule is CC(C)(C)OC(=O)CC(CN=[N+]=[N-])NC(=O)OCc1ccccc1. The maximum absolute atomic E-state index is 11.8. The van der Waals surface area contributed by atoms with Crippen molar-refractivity contribution in [2.45, 2.75) is 45.4 Å². The Morgan fingerprint density at radius 2 is 1.96 bits per heavy atom. The van der Waals surface area contributed by atoms with Gasteiger partial charge in [-0.3, -0.25) is 4.79 Å². The number of esters is 1. The number of hydrogen-bond acceptors (Lipinski definition) is 5. The Balaban J connectivity index is 2.53. The molecule has 130 valence electrons. The van der Waals surface area contributed by atoms with Crippen LogP contribution in [0.1, 0.15) is 32.8 Å². The first-order valence-electron chi connectivity index (χ1n) is 7.50. The lowest BCUT2D eigenvalue weighted by atomic mass is 10.1. The molecule has 0 fully saturated rings. The number of ether oxygens (including phenoxy) is 2. The molecule has 1 N–H and O–H groups in total. The highest BCUT2D eigenvalue weighted by Crippen LogP contribution is 2.10. The van der Waals surface area contributed by atoms with Crippen LogP contribution in [0.2, 0.25) is 0 Å². The van der Waals surface area contributed by atoms with Crippen molar-refractivity contribution in [1.82, 2.24) is 5.32 Å². The summed E-state index contributed by atoms with van der Waals surface area (Å²) in [7, 11) is 0. The zero-order chi connectivity index (χ0) is 18.0. The van der Waals surface area contributed by atoms with Crippen LogP contribution in [-0.4, -0.2) is 30.3 Å². The molecule has 1 aromatic rings. The van der Waals surface area contributed by atoms with Crippen LogP contribution >= 0.6 is 0 Å². The number of benzene rings is 1. The van der Waals surface area contributed by atoms with Gasteiger partial charge in [-0.05, 0) is 31.9 Å². The lowest BCUT2D eigenvalue weighted by Gasteiger charge is -2.22. The molecule has 0 spiro atoms. The van der Waals surface area contributed by atoms with E-state index < -0.39 is 23.7 Å². The Hall–Kier alpha value is -2.73. The smallest absolute Gasteiger partial charge is 0.407 e. The predicted molar refractivity (Wildman–Crippen MR) is 88.0 cm³/mol. The summed E-state index contributed by atoms with van der Waals surface area (Å²) in [5.74, 6) is -0.496. The second kappa shape index (κ2) is 9.42. The number of nitrogens with zero attached hydrogens (tertiary/aromatic N) is 3. The normalized spacial score (nSPS) is 11.8. The van der Waals surface area contributed by atoms with Crippen molar-refractivity contribution in [3.63, 3.8) is 0 Å². The van der Waals surface area contributed by atoms with Crippen molar-refractivity contribution in [2.24, 2.45) is 5.11 Å². The molecule has 0 saturated carbocycles. The fraction of sp³-hybridized carbons (Fsp3) is 0.500. The minimum Gasteiger partial charge on any atom is -0.460 e. The minimum absolute atomic E-state index is 0.0732. The van der Waals surface area contributed by atoms with Crippen LogP contribution in [0.15, 0.2) is 35.4 Å². The monoisotopic (exact) mass is 334 g/mol. The van der Waals surface area contributed by atoms with Gasteiger partial charge in [-0.25, -0.2) is 4.79 Å². The van der Waals surface area contributed by atoms with Crippen LogP contribution in [0.25, 0.3) is 10.4 Å². The Morgan fingerprint density at radius 3 is 2.54 bits per heavy atom. The fourth-order valence-corrected chi connectivity index (χ4v) is 1.81. The summed E-state index contributed by atoms with van der Waals surface area (Å²) >= 11 is 0. The molecule has 24 heavy (non-hydrogen) atoms. The Labute approximate surface area is 140 Å². The van der Waals surface area contributed by atoms with Gasteiger partial charge >= 0.3 is 12.1 Å². The summed E-state index contributed by atoms with van der Waals surface area (Å²) < 4.78 is 10.3. The van der Waals surface area contributed by atoms with Gasteiger partial charge in [-0.1, -0.05) is 35.4 Å². The van der Waals surface area contributed by atoms with E-state index in [9.17, 15) is 9.59 Å². The number of hydrogen-bond donors (Lipinski definition) is 1. The van der Waals surface area contributed by atoms with Crippen LogP contribution < -0.4 is 5.32 Å². The molecule has 0 aliphatic rings. The maximum Gasteiger partial charge on any atom is 0.407 e. The van der Waals surface area contributed by atoms with E-state index in [1.165, 1.54) is 0 Å². The van der Waals surface area contributed by atoms with Gasteiger partial charge in [0.1, 0.15) is 12.2 Å². The first-order valence-corrected chi connectivity index (χ1v) is 7.50. The van der Waals surface area contributed by atoms with Gasteiger partial charge in [-0.15, -0.1) is 0 Å². The molecule has 1 aromatic carbocycles. The number of rotatable bonds is 7. The van der Waals surface area contributed by atoms with Crippen LogP contribution in [0.3, 0.4) is 0 Å². The molecule has 0 radical (unpaired) electrons. The largest absolute Gasteiger partial charge is 0.460 e. The van der Waals surface area contributed by atoms with E-state index in [2.05, 4.69) is 15.3 Å². The lowest BCUT2D eigenvalue weighted by Crippen LogP contribution is -2.40. The van der Waals surface area contributed by atoms with Gasteiger partial charge in [0.2, 0.25) is 0 Å². The second-order valence-electron chi connectivity index (χ2n) is 6.11. The van der Waals surface area contributed by atoms with Crippen molar-refractivity contribution in [2.75, 3.05) is 6.54 Å². The highest BCUT2D eigenvalue weighted by Gasteiger charge is 2.21. The number of alkyl carbamates (subject to hydrolysis) is 1. The van der Waals surface area contributed by atoms with Crippen LogP contribution in [0, 0.1) is 0 Å². The summed E-state index contributed by atoms with van der Waals surface area (Å²) in [4.78, 5) is 26.3. The van der Waals surface area contributed by atoms with Crippen LogP contribution in [0.4, 0.5) is 4.79 Å². The summed E-state index contributed by atoms with van der Waals surface area (Å²) in [6.07, 6.45) is -0.808. The molecule has 0 heterocycles. The molecule has 1 unspecified atom stereocenters. The molecule has 0 aromatic heterocycles. The molecule has 1 atom stereocenters. The third-order valence-electron chi connectivity index (χ3n) is 2.73. The number of carbonyl (C=O) groups is 2.